The van der Waals surface area contributed by atoms with Crippen LogP contribution in [0, 0.1) is 9.49 Å². The van der Waals surface area contributed by atoms with Crippen LogP contribution in [0.25, 0.3) is 0 Å². The molecule has 0 saturated heterocycles. The minimum absolute atomic E-state index is 0.0780. The number of hydrogen-bond acceptors (Lipinski definition) is 2. The highest BCUT2D eigenvalue weighted by Gasteiger charge is 2.17. The van der Waals surface area contributed by atoms with Crippen LogP contribution in [0.5, 0.6) is 0 Å². The monoisotopic (exact) mass is 349 g/mol. The summed E-state index contributed by atoms with van der Waals surface area (Å²) in [6.45, 7) is 6.41. The van der Waals surface area contributed by atoms with E-state index in [-0.39, 0.29) is 11.9 Å². The van der Waals surface area contributed by atoms with Crippen molar-refractivity contribution in [2.45, 2.75) is 39.7 Å². The summed E-state index contributed by atoms with van der Waals surface area (Å²) in [6, 6.07) is 0.190. The third-order valence-electron chi connectivity index (χ3n) is 2.83. The Labute approximate surface area is 116 Å². The number of carbonyl (C=O) groups is 1. The van der Waals surface area contributed by atoms with Crippen LogP contribution in [-0.4, -0.2) is 21.7 Å². The third kappa shape index (κ3) is 4.29. The van der Waals surface area contributed by atoms with E-state index in [0.717, 1.165) is 16.4 Å². The average molecular weight is 349 g/mol. The predicted octanol–water partition coefficient (Wildman–Crippen LogP) is 2.58. The number of amides is 1. The minimum Gasteiger partial charge on any atom is -0.348 e. The van der Waals surface area contributed by atoms with Gasteiger partial charge < -0.3 is 5.32 Å². The molecule has 96 valence electrons. The maximum Gasteiger partial charge on any atom is 0.273 e. The van der Waals surface area contributed by atoms with E-state index >= 15 is 0 Å². The Hall–Kier alpha value is -0.590. The highest BCUT2D eigenvalue weighted by atomic mass is 127. The molecule has 0 radical (unpaired) electrons. The van der Waals surface area contributed by atoms with Crippen LogP contribution in [0.4, 0.5) is 0 Å². The molecule has 2 atom stereocenters. The van der Waals surface area contributed by atoms with E-state index in [9.17, 15) is 4.79 Å². The highest BCUT2D eigenvalue weighted by molar-refractivity contribution is 14.1. The van der Waals surface area contributed by atoms with E-state index in [2.05, 4.69) is 46.9 Å². The molecule has 1 rings (SSSR count). The molecule has 4 nitrogen and oxygen atoms in total. The molecule has 0 aromatic carbocycles. The van der Waals surface area contributed by atoms with Crippen LogP contribution in [0.1, 0.15) is 44.1 Å². The largest absolute Gasteiger partial charge is 0.348 e. The zero-order valence-electron chi connectivity index (χ0n) is 10.8. The molecule has 17 heavy (non-hydrogen) atoms. The molecule has 0 saturated carbocycles. The van der Waals surface area contributed by atoms with Gasteiger partial charge in [0.15, 0.2) is 5.69 Å². The zero-order valence-corrected chi connectivity index (χ0v) is 13.0. The predicted molar refractivity (Wildman–Crippen MR) is 76.9 cm³/mol. The van der Waals surface area contributed by atoms with Gasteiger partial charge in [0.1, 0.15) is 0 Å². The van der Waals surface area contributed by atoms with Crippen LogP contribution >= 0.6 is 22.6 Å². The number of nitrogens with zero attached hydrogens (tertiary/aromatic N) is 2. The number of halogens is 1. The van der Waals surface area contributed by atoms with Crippen molar-refractivity contribution in [2.75, 3.05) is 0 Å². The fourth-order valence-electron chi connectivity index (χ4n) is 1.73. The van der Waals surface area contributed by atoms with Gasteiger partial charge in [-0.1, -0.05) is 20.3 Å². The second kappa shape index (κ2) is 6.37. The Morgan fingerprint density at radius 1 is 1.59 bits per heavy atom. The molecular formula is C12H20IN3O. The fourth-order valence-corrected chi connectivity index (χ4v) is 2.49. The van der Waals surface area contributed by atoms with Crippen molar-refractivity contribution >= 4 is 28.5 Å². The van der Waals surface area contributed by atoms with E-state index < -0.39 is 0 Å². The first-order valence-electron chi connectivity index (χ1n) is 5.94. The molecule has 0 aliphatic rings. The summed E-state index contributed by atoms with van der Waals surface area (Å²) in [6.07, 6.45) is 3.99. The molecule has 0 aliphatic carbocycles. The molecule has 0 aliphatic heterocycles. The molecule has 5 heteroatoms. The van der Waals surface area contributed by atoms with Crippen molar-refractivity contribution in [1.82, 2.24) is 15.1 Å². The van der Waals surface area contributed by atoms with Crippen LogP contribution in [0.15, 0.2) is 6.20 Å². The first-order chi connectivity index (χ1) is 7.93. The summed E-state index contributed by atoms with van der Waals surface area (Å²) in [7, 11) is 1.82. The SMILES string of the molecule is CCC(C)CC(C)NC(=O)c1nn(C)cc1I. The van der Waals surface area contributed by atoms with Crippen LogP contribution in [0.3, 0.4) is 0 Å². The van der Waals surface area contributed by atoms with Gasteiger partial charge in [-0.2, -0.15) is 5.10 Å². The second-order valence-electron chi connectivity index (χ2n) is 4.62. The van der Waals surface area contributed by atoms with Crippen molar-refractivity contribution in [1.29, 1.82) is 0 Å². The molecule has 1 heterocycles. The van der Waals surface area contributed by atoms with Gasteiger partial charge in [0.25, 0.3) is 5.91 Å². The molecular weight excluding hydrogens is 329 g/mol. The number of aryl methyl sites for hydroxylation is 1. The molecule has 1 aromatic rings. The Morgan fingerprint density at radius 3 is 2.71 bits per heavy atom. The van der Waals surface area contributed by atoms with Gasteiger partial charge in [-0.25, -0.2) is 0 Å². The van der Waals surface area contributed by atoms with Crippen molar-refractivity contribution in [3.05, 3.63) is 15.5 Å². The molecule has 1 aromatic heterocycles. The molecule has 2 unspecified atom stereocenters. The van der Waals surface area contributed by atoms with Gasteiger partial charge in [-0.05, 0) is 41.9 Å². The van der Waals surface area contributed by atoms with E-state index in [0.29, 0.717) is 11.6 Å². The first-order valence-corrected chi connectivity index (χ1v) is 7.01. The Morgan fingerprint density at radius 2 is 2.24 bits per heavy atom. The summed E-state index contributed by atoms with van der Waals surface area (Å²) in [5.41, 5.74) is 0.518. The number of rotatable bonds is 5. The number of carbonyl (C=O) groups excluding carboxylic acids is 1. The number of aromatic nitrogens is 2. The standard InChI is InChI=1S/C12H20IN3O/c1-5-8(2)6-9(3)14-12(17)11-10(13)7-16(4)15-11/h7-9H,5-6H2,1-4H3,(H,14,17). The quantitative estimate of drug-likeness (QED) is 0.831. The van der Waals surface area contributed by atoms with Gasteiger partial charge in [-0.15, -0.1) is 0 Å². The van der Waals surface area contributed by atoms with E-state index in [1.807, 2.05) is 20.2 Å². The molecule has 1 amide bonds. The Balaban J connectivity index is 2.57. The molecule has 0 spiro atoms. The minimum atomic E-state index is -0.0780. The maximum absolute atomic E-state index is 12.0. The van der Waals surface area contributed by atoms with Gasteiger partial charge in [0.2, 0.25) is 0 Å². The Bertz CT molecular complexity index is 389. The molecule has 0 fully saturated rings. The lowest BCUT2D eigenvalue weighted by molar-refractivity contribution is 0.0928. The van der Waals surface area contributed by atoms with Crippen molar-refractivity contribution in [2.24, 2.45) is 13.0 Å². The first kappa shape index (κ1) is 14.5. The second-order valence-corrected chi connectivity index (χ2v) is 5.79. The smallest absolute Gasteiger partial charge is 0.273 e. The van der Waals surface area contributed by atoms with E-state index in [1.165, 1.54) is 0 Å². The van der Waals surface area contributed by atoms with Crippen molar-refractivity contribution < 1.29 is 4.79 Å². The molecule has 1 N–H and O–H groups in total. The normalized spacial score (nSPS) is 14.4. The van der Waals surface area contributed by atoms with E-state index in [1.54, 1.807) is 4.68 Å². The topological polar surface area (TPSA) is 46.9 Å². The lowest BCUT2D eigenvalue weighted by atomic mass is 10.0. The van der Waals surface area contributed by atoms with E-state index in [4.69, 9.17) is 0 Å². The van der Waals surface area contributed by atoms with Crippen LogP contribution in [-0.2, 0) is 7.05 Å². The lowest BCUT2D eigenvalue weighted by Gasteiger charge is -2.16. The number of nitrogens with one attached hydrogen (secondary N) is 1. The molecule has 0 bridgehead atoms. The maximum atomic E-state index is 12.0. The summed E-state index contributed by atoms with van der Waals surface area (Å²) < 4.78 is 2.55. The average Bonchev–Trinajstić information content (AvgIpc) is 2.57. The summed E-state index contributed by atoms with van der Waals surface area (Å²) >= 11 is 2.13. The van der Waals surface area contributed by atoms with Gasteiger partial charge in [0.05, 0.1) is 3.57 Å². The fraction of sp³-hybridized carbons (Fsp3) is 0.667. The summed E-state index contributed by atoms with van der Waals surface area (Å²) in [5.74, 6) is 0.555. The third-order valence-corrected chi connectivity index (χ3v) is 3.62. The summed E-state index contributed by atoms with van der Waals surface area (Å²) in [5, 5.41) is 7.16. The van der Waals surface area contributed by atoms with Crippen molar-refractivity contribution in [3.8, 4) is 0 Å². The zero-order chi connectivity index (χ0) is 13.0. The van der Waals surface area contributed by atoms with Gasteiger partial charge in [0, 0.05) is 19.3 Å². The van der Waals surface area contributed by atoms with Crippen LogP contribution in [0.2, 0.25) is 0 Å². The van der Waals surface area contributed by atoms with Gasteiger partial charge >= 0.3 is 0 Å². The lowest BCUT2D eigenvalue weighted by Crippen LogP contribution is -2.34. The summed E-state index contributed by atoms with van der Waals surface area (Å²) in [4.78, 5) is 12.0. The Kier molecular flexibility index (Phi) is 5.42. The van der Waals surface area contributed by atoms with Crippen molar-refractivity contribution in [3.63, 3.8) is 0 Å². The van der Waals surface area contributed by atoms with Crippen LogP contribution < -0.4 is 5.32 Å². The number of hydrogen-bond donors (Lipinski definition) is 1. The highest BCUT2D eigenvalue weighted by Crippen LogP contribution is 2.12. The van der Waals surface area contributed by atoms with Gasteiger partial charge in [-0.3, -0.25) is 9.48 Å².